The van der Waals surface area contributed by atoms with Gasteiger partial charge in [0.1, 0.15) is 11.9 Å². The molecule has 1 aliphatic rings. The number of anilines is 3. The second-order valence-electron chi connectivity index (χ2n) is 3.80. The summed E-state index contributed by atoms with van der Waals surface area (Å²) in [6.45, 7) is 0.303. The molecule has 17 heavy (non-hydrogen) atoms. The van der Waals surface area contributed by atoms with Crippen molar-refractivity contribution in [3.8, 4) is 0 Å². The fourth-order valence-electron chi connectivity index (χ4n) is 1.76. The van der Waals surface area contributed by atoms with Gasteiger partial charge in [0, 0.05) is 6.61 Å². The fraction of sp³-hybridized carbons (Fsp3) is 0.556. The number of aromatic nitrogens is 2. The van der Waals surface area contributed by atoms with E-state index < -0.39 is 6.23 Å². The molecule has 0 bridgehead atoms. The first kappa shape index (κ1) is 11.7. The molecule has 0 amide bonds. The average Bonchev–Trinajstić information content (AvgIpc) is 2.69. The molecule has 0 spiro atoms. The second kappa shape index (κ2) is 4.60. The standard InChI is InChI=1S/C9H15N5O3/c10-9-12-7-6(8(17)13-9)11-4-14(7)5(16)2-1-3-15/h5,11,15-16H,1-4H2,(H3,10,12,13,17). The van der Waals surface area contributed by atoms with Crippen molar-refractivity contribution in [2.45, 2.75) is 19.1 Å². The first-order valence-electron chi connectivity index (χ1n) is 5.32. The third-order valence-electron chi connectivity index (χ3n) is 2.60. The van der Waals surface area contributed by atoms with Crippen LogP contribution in [0.5, 0.6) is 0 Å². The van der Waals surface area contributed by atoms with Crippen LogP contribution in [0.2, 0.25) is 0 Å². The first-order chi connectivity index (χ1) is 8.13. The quantitative estimate of drug-likeness (QED) is 0.440. The number of aliphatic hydroxyl groups is 2. The molecule has 1 aromatic heterocycles. The molecule has 1 atom stereocenters. The van der Waals surface area contributed by atoms with Crippen LogP contribution >= 0.6 is 0 Å². The molecule has 8 heteroatoms. The first-order valence-corrected chi connectivity index (χ1v) is 5.32. The van der Waals surface area contributed by atoms with Crippen molar-refractivity contribution in [1.29, 1.82) is 0 Å². The van der Waals surface area contributed by atoms with Gasteiger partial charge in [0.15, 0.2) is 5.82 Å². The number of fused-ring (bicyclic) bond motifs is 1. The Morgan fingerprint density at radius 1 is 1.59 bits per heavy atom. The largest absolute Gasteiger partial charge is 0.396 e. The van der Waals surface area contributed by atoms with Crippen LogP contribution < -0.4 is 21.5 Å². The summed E-state index contributed by atoms with van der Waals surface area (Å²) >= 11 is 0. The Morgan fingerprint density at radius 2 is 2.35 bits per heavy atom. The Kier molecular flexibility index (Phi) is 3.16. The molecular weight excluding hydrogens is 226 g/mol. The summed E-state index contributed by atoms with van der Waals surface area (Å²) in [7, 11) is 0. The number of hydrogen-bond acceptors (Lipinski definition) is 7. The van der Waals surface area contributed by atoms with Gasteiger partial charge in [0.25, 0.3) is 5.56 Å². The highest BCUT2D eigenvalue weighted by molar-refractivity contribution is 5.70. The molecule has 0 aromatic carbocycles. The van der Waals surface area contributed by atoms with E-state index in [0.717, 1.165) is 0 Å². The van der Waals surface area contributed by atoms with Crippen LogP contribution in [-0.4, -0.2) is 39.7 Å². The van der Waals surface area contributed by atoms with Crippen molar-refractivity contribution < 1.29 is 10.2 Å². The van der Waals surface area contributed by atoms with Crippen LogP contribution in [0.15, 0.2) is 4.79 Å². The molecule has 8 nitrogen and oxygen atoms in total. The zero-order valence-electron chi connectivity index (χ0n) is 9.18. The molecule has 1 aromatic rings. The minimum absolute atomic E-state index is 0.0100. The number of aliphatic hydroxyl groups excluding tert-OH is 2. The van der Waals surface area contributed by atoms with Crippen LogP contribution in [0.3, 0.4) is 0 Å². The lowest BCUT2D eigenvalue weighted by atomic mass is 10.2. The number of hydrogen-bond donors (Lipinski definition) is 5. The van der Waals surface area contributed by atoms with Gasteiger partial charge in [-0.25, -0.2) is 0 Å². The minimum Gasteiger partial charge on any atom is -0.396 e. The van der Waals surface area contributed by atoms with Crippen molar-refractivity contribution in [1.82, 2.24) is 9.97 Å². The molecule has 0 fully saturated rings. The molecule has 6 N–H and O–H groups in total. The van der Waals surface area contributed by atoms with E-state index in [1.54, 1.807) is 0 Å². The number of H-pyrrole nitrogens is 1. The van der Waals surface area contributed by atoms with Gasteiger partial charge in [-0.05, 0) is 12.8 Å². The molecule has 0 saturated carbocycles. The third kappa shape index (κ3) is 2.17. The number of aromatic amines is 1. The topological polar surface area (TPSA) is 128 Å². The molecule has 2 rings (SSSR count). The number of nitrogens with zero attached hydrogens (tertiary/aromatic N) is 2. The van der Waals surface area contributed by atoms with Gasteiger partial charge in [0.2, 0.25) is 5.95 Å². The molecule has 1 aliphatic heterocycles. The fourth-order valence-corrected chi connectivity index (χ4v) is 1.76. The van der Waals surface area contributed by atoms with E-state index in [2.05, 4.69) is 15.3 Å². The van der Waals surface area contributed by atoms with E-state index in [0.29, 0.717) is 31.0 Å². The van der Waals surface area contributed by atoms with Gasteiger partial charge in [-0.3, -0.25) is 9.78 Å². The zero-order chi connectivity index (χ0) is 12.4. The van der Waals surface area contributed by atoms with E-state index in [1.807, 2.05) is 0 Å². The van der Waals surface area contributed by atoms with Gasteiger partial charge in [-0.1, -0.05) is 0 Å². The minimum atomic E-state index is -0.801. The van der Waals surface area contributed by atoms with E-state index in [1.165, 1.54) is 4.90 Å². The third-order valence-corrected chi connectivity index (χ3v) is 2.60. The normalized spacial score (nSPS) is 15.5. The van der Waals surface area contributed by atoms with Crippen molar-refractivity contribution in [2.75, 3.05) is 29.2 Å². The summed E-state index contributed by atoms with van der Waals surface area (Å²) in [5.41, 5.74) is 5.40. The lowest BCUT2D eigenvalue weighted by molar-refractivity contribution is 0.147. The van der Waals surface area contributed by atoms with Crippen molar-refractivity contribution >= 4 is 17.5 Å². The predicted octanol–water partition coefficient (Wildman–Crippen LogP) is -1.37. The van der Waals surface area contributed by atoms with Crippen molar-refractivity contribution in [3.05, 3.63) is 10.4 Å². The Labute approximate surface area is 97.1 Å². The average molecular weight is 241 g/mol. The van der Waals surface area contributed by atoms with Crippen LogP contribution in [0.1, 0.15) is 12.8 Å². The lowest BCUT2D eigenvalue weighted by Crippen LogP contribution is -2.35. The number of nitrogen functional groups attached to an aromatic ring is 1. The van der Waals surface area contributed by atoms with Gasteiger partial charge < -0.3 is 26.2 Å². The van der Waals surface area contributed by atoms with Gasteiger partial charge in [-0.15, -0.1) is 0 Å². The van der Waals surface area contributed by atoms with Crippen LogP contribution in [0, 0.1) is 0 Å². The van der Waals surface area contributed by atoms with E-state index in [4.69, 9.17) is 10.8 Å². The summed E-state index contributed by atoms with van der Waals surface area (Å²) in [6, 6.07) is 0. The highest BCUT2D eigenvalue weighted by atomic mass is 16.3. The number of nitrogens with one attached hydrogen (secondary N) is 2. The highest BCUT2D eigenvalue weighted by Gasteiger charge is 2.28. The van der Waals surface area contributed by atoms with Gasteiger partial charge in [-0.2, -0.15) is 4.98 Å². The maximum Gasteiger partial charge on any atom is 0.277 e. The van der Waals surface area contributed by atoms with Crippen LogP contribution in [-0.2, 0) is 0 Å². The Morgan fingerprint density at radius 3 is 3.06 bits per heavy atom. The van der Waals surface area contributed by atoms with Crippen molar-refractivity contribution in [3.63, 3.8) is 0 Å². The maximum absolute atomic E-state index is 11.5. The van der Waals surface area contributed by atoms with Gasteiger partial charge in [0.05, 0.1) is 6.67 Å². The molecule has 0 saturated heterocycles. The number of nitrogens with two attached hydrogens (primary N) is 1. The predicted molar refractivity (Wildman–Crippen MR) is 62.6 cm³/mol. The summed E-state index contributed by atoms with van der Waals surface area (Å²) in [6.07, 6.45) is 0.0714. The molecular formula is C9H15N5O3. The SMILES string of the molecule is Nc1nc2c(c(=O)[nH]1)NCN2C(O)CCCO. The zero-order valence-corrected chi connectivity index (χ0v) is 9.18. The highest BCUT2D eigenvalue weighted by Crippen LogP contribution is 2.27. The lowest BCUT2D eigenvalue weighted by Gasteiger charge is -2.23. The maximum atomic E-state index is 11.5. The van der Waals surface area contributed by atoms with E-state index >= 15 is 0 Å². The Balaban J connectivity index is 2.24. The van der Waals surface area contributed by atoms with E-state index in [9.17, 15) is 9.90 Å². The van der Waals surface area contributed by atoms with E-state index in [-0.39, 0.29) is 18.1 Å². The van der Waals surface area contributed by atoms with Gasteiger partial charge >= 0.3 is 0 Å². The van der Waals surface area contributed by atoms with Crippen molar-refractivity contribution in [2.24, 2.45) is 0 Å². The molecule has 2 heterocycles. The summed E-state index contributed by atoms with van der Waals surface area (Å²) in [5, 5.41) is 21.4. The summed E-state index contributed by atoms with van der Waals surface area (Å²) < 4.78 is 0. The summed E-state index contributed by atoms with van der Waals surface area (Å²) in [4.78, 5) is 19.4. The molecule has 0 aliphatic carbocycles. The number of rotatable bonds is 4. The van der Waals surface area contributed by atoms with Crippen LogP contribution in [0.4, 0.5) is 17.5 Å². The Hall–Kier alpha value is -1.80. The van der Waals surface area contributed by atoms with Crippen LogP contribution in [0.25, 0.3) is 0 Å². The molecule has 1 unspecified atom stereocenters. The summed E-state index contributed by atoms with van der Waals surface area (Å²) in [5.74, 6) is 0.355. The second-order valence-corrected chi connectivity index (χ2v) is 3.80. The Bertz CT molecular complexity index is 460. The smallest absolute Gasteiger partial charge is 0.277 e. The molecule has 0 radical (unpaired) electrons. The molecule has 94 valence electrons. The monoisotopic (exact) mass is 241 g/mol.